The van der Waals surface area contributed by atoms with Gasteiger partial charge >= 0.3 is 0 Å². The number of piperidine rings is 1. The van der Waals surface area contributed by atoms with Crippen LogP contribution in [0.1, 0.15) is 39.5 Å². The summed E-state index contributed by atoms with van der Waals surface area (Å²) in [4.78, 5) is 5.64. The lowest BCUT2D eigenvalue weighted by Crippen LogP contribution is -2.57. The molecule has 0 aliphatic carbocycles. The Morgan fingerprint density at radius 3 is 2.33 bits per heavy atom. The first-order chi connectivity index (χ1) is 14.4. The molecule has 0 N–H and O–H groups in total. The quantitative estimate of drug-likeness (QED) is 0.712. The van der Waals surface area contributed by atoms with Crippen LogP contribution >= 0.6 is 0 Å². The van der Waals surface area contributed by atoms with Crippen molar-refractivity contribution in [3.05, 3.63) is 30.3 Å². The molecule has 0 amide bonds. The third-order valence-electron chi connectivity index (χ3n) is 7.03. The monoisotopic (exact) mass is 435 g/mol. The first-order valence-corrected chi connectivity index (χ1v) is 13.0. The third-order valence-corrected chi connectivity index (χ3v) is 8.94. The van der Waals surface area contributed by atoms with Crippen molar-refractivity contribution in [2.24, 2.45) is 5.92 Å². The summed E-state index contributed by atoms with van der Waals surface area (Å²) >= 11 is 0. The summed E-state index contributed by atoms with van der Waals surface area (Å²) in [6.07, 6.45) is 3.72. The molecule has 0 aromatic heterocycles. The molecule has 1 spiro atoms. The number of piperazine rings is 1. The van der Waals surface area contributed by atoms with Crippen molar-refractivity contribution in [2.75, 3.05) is 52.4 Å². The Morgan fingerprint density at radius 1 is 1.03 bits per heavy atom. The van der Waals surface area contributed by atoms with Gasteiger partial charge in [-0.1, -0.05) is 32.0 Å². The first-order valence-electron chi connectivity index (χ1n) is 11.5. The minimum Gasteiger partial charge on any atom is -0.375 e. The molecule has 7 heteroatoms. The Bertz CT molecular complexity index is 783. The molecule has 3 aliphatic rings. The highest BCUT2D eigenvalue weighted by atomic mass is 32.2. The number of hydrogen-bond acceptors (Lipinski definition) is 5. The highest BCUT2D eigenvalue weighted by Gasteiger charge is 2.44. The second kappa shape index (κ2) is 9.25. The van der Waals surface area contributed by atoms with E-state index in [1.54, 1.807) is 28.6 Å². The fraction of sp³-hybridized carbons (Fsp3) is 0.739. The number of hydrogen-bond donors (Lipinski definition) is 0. The topological polar surface area (TPSA) is 53.1 Å². The lowest BCUT2D eigenvalue weighted by molar-refractivity contribution is -0.130. The predicted octanol–water partition coefficient (Wildman–Crippen LogP) is 2.66. The van der Waals surface area contributed by atoms with Gasteiger partial charge in [-0.2, -0.15) is 4.31 Å². The van der Waals surface area contributed by atoms with Gasteiger partial charge in [0.2, 0.25) is 10.0 Å². The van der Waals surface area contributed by atoms with Gasteiger partial charge in [-0.05, 0) is 43.7 Å². The Kier molecular flexibility index (Phi) is 6.85. The second-order valence-corrected chi connectivity index (χ2v) is 11.6. The van der Waals surface area contributed by atoms with Crippen molar-refractivity contribution in [3.63, 3.8) is 0 Å². The van der Waals surface area contributed by atoms with Crippen molar-refractivity contribution in [2.45, 2.75) is 56.1 Å². The van der Waals surface area contributed by atoms with E-state index in [0.29, 0.717) is 24.0 Å². The Labute approximate surface area is 182 Å². The molecule has 1 atom stereocenters. The number of ether oxygens (including phenoxy) is 1. The van der Waals surface area contributed by atoms with E-state index < -0.39 is 10.0 Å². The zero-order chi connectivity index (χ0) is 21.2. The summed E-state index contributed by atoms with van der Waals surface area (Å²) in [7, 11) is -3.41. The van der Waals surface area contributed by atoms with Crippen LogP contribution in [0.25, 0.3) is 0 Å². The highest BCUT2D eigenvalue weighted by Crippen LogP contribution is 2.38. The minimum atomic E-state index is -3.41. The van der Waals surface area contributed by atoms with E-state index in [9.17, 15) is 8.42 Å². The van der Waals surface area contributed by atoms with E-state index >= 15 is 0 Å². The molecular formula is C23H37N3O3S. The maximum Gasteiger partial charge on any atom is 0.243 e. The lowest BCUT2D eigenvalue weighted by atomic mass is 9.82. The van der Waals surface area contributed by atoms with Crippen molar-refractivity contribution >= 4 is 10.0 Å². The van der Waals surface area contributed by atoms with Crippen LogP contribution in [0.3, 0.4) is 0 Å². The largest absolute Gasteiger partial charge is 0.375 e. The SMILES string of the molecule is CC(C)CN1CCN([C@@H]2CCOC3(CCN(S(=O)(=O)c4ccccc4)CC3)C2)CC1. The minimum absolute atomic E-state index is 0.152. The molecule has 0 bridgehead atoms. The molecule has 30 heavy (non-hydrogen) atoms. The van der Waals surface area contributed by atoms with Gasteiger partial charge in [0.15, 0.2) is 0 Å². The fourth-order valence-corrected chi connectivity index (χ4v) is 6.83. The van der Waals surface area contributed by atoms with Crippen molar-refractivity contribution < 1.29 is 13.2 Å². The van der Waals surface area contributed by atoms with Crippen LogP contribution in [0, 0.1) is 5.92 Å². The van der Waals surface area contributed by atoms with Gasteiger partial charge in [-0.15, -0.1) is 0 Å². The summed E-state index contributed by atoms with van der Waals surface area (Å²) in [5.41, 5.74) is -0.152. The van der Waals surface area contributed by atoms with Crippen LogP contribution in [0.4, 0.5) is 0 Å². The van der Waals surface area contributed by atoms with Gasteiger partial charge in [0.05, 0.1) is 10.5 Å². The fourth-order valence-electron chi connectivity index (χ4n) is 5.37. The van der Waals surface area contributed by atoms with Crippen LogP contribution < -0.4 is 0 Å². The number of nitrogens with zero attached hydrogens (tertiary/aromatic N) is 3. The van der Waals surface area contributed by atoms with E-state index in [1.165, 1.54) is 6.54 Å². The maximum absolute atomic E-state index is 12.9. The summed E-state index contributed by atoms with van der Waals surface area (Å²) in [6.45, 7) is 12.3. The first kappa shape index (κ1) is 22.2. The molecule has 4 rings (SSSR count). The van der Waals surface area contributed by atoms with Gasteiger partial charge in [0.1, 0.15) is 0 Å². The molecule has 1 aromatic rings. The zero-order valence-electron chi connectivity index (χ0n) is 18.5. The standard InChI is InChI=1S/C23H37N3O3S/c1-20(2)19-24-13-15-25(16-14-24)21-8-17-29-23(18-21)9-11-26(12-10-23)30(27,28)22-6-4-3-5-7-22/h3-7,20-21H,8-19H2,1-2H3/t21-/m1/s1. The van der Waals surface area contributed by atoms with E-state index in [4.69, 9.17) is 4.74 Å². The van der Waals surface area contributed by atoms with Gasteiger partial charge in [0.25, 0.3) is 0 Å². The van der Waals surface area contributed by atoms with E-state index in [-0.39, 0.29) is 5.60 Å². The van der Waals surface area contributed by atoms with Gasteiger partial charge in [-0.25, -0.2) is 8.42 Å². The number of benzene rings is 1. The molecule has 6 nitrogen and oxygen atoms in total. The van der Waals surface area contributed by atoms with Gasteiger partial charge in [0, 0.05) is 58.5 Å². The van der Waals surface area contributed by atoms with E-state index in [1.807, 2.05) is 6.07 Å². The van der Waals surface area contributed by atoms with Gasteiger partial charge < -0.3 is 9.64 Å². The Balaban J connectivity index is 1.33. The van der Waals surface area contributed by atoms with Crippen LogP contribution in [0.15, 0.2) is 35.2 Å². The molecule has 3 aliphatic heterocycles. The molecule has 0 radical (unpaired) electrons. The molecule has 3 fully saturated rings. The predicted molar refractivity (Wildman–Crippen MR) is 119 cm³/mol. The number of rotatable bonds is 5. The second-order valence-electron chi connectivity index (χ2n) is 9.63. The van der Waals surface area contributed by atoms with Crippen molar-refractivity contribution in [3.8, 4) is 0 Å². The smallest absolute Gasteiger partial charge is 0.243 e. The molecule has 0 saturated carbocycles. The summed E-state index contributed by atoms with van der Waals surface area (Å²) < 4.78 is 33.9. The Hall–Kier alpha value is -0.990. The molecular weight excluding hydrogens is 398 g/mol. The summed E-state index contributed by atoms with van der Waals surface area (Å²) in [5.74, 6) is 0.722. The van der Waals surface area contributed by atoms with Crippen LogP contribution in [-0.2, 0) is 14.8 Å². The number of sulfonamides is 1. The molecule has 3 saturated heterocycles. The average molecular weight is 436 g/mol. The molecule has 168 valence electrons. The van der Waals surface area contributed by atoms with Crippen molar-refractivity contribution in [1.29, 1.82) is 0 Å². The molecule has 3 heterocycles. The van der Waals surface area contributed by atoms with Crippen molar-refractivity contribution in [1.82, 2.24) is 14.1 Å². The van der Waals surface area contributed by atoms with Crippen LogP contribution in [-0.4, -0.2) is 86.6 Å². The molecule has 0 unspecified atom stereocenters. The summed E-state index contributed by atoms with van der Waals surface area (Å²) in [5, 5.41) is 0. The van der Waals surface area contributed by atoms with Crippen LogP contribution in [0.5, 0.6) is 0 Å². The third kappa shape index (κ3) is 4.91. The molecule has 1 aromatic carbocycles. The van der Waals surface area contributed by atoms with E-state index in [0.717, 1.165) is 64.4 Å². The zero-order valence-corrected chi connectivity index (χ0v) is 19.3. The van der Waals surface area contributed by atoms with Crippen LogP contribution in [0.2, 0.25) is 0 Å². The van der Waals surface area contributed by atoms with Gasteiger partial charge in [-0.3, -0.25) is 4.90 Å². The van der Waals surface area contributed by atoms with E-state index in [2.05, 4.69) is 23.6 Å². The highest BCUT2D eigenvalue weighted by molar-refractivity contribution is 7.89. The summed E-state index contributed by atoms with van der Waals surface area (Å²) in [6, 6.07) is 9.36. The average Bonchev–Trinajstić information content (AvgIpc) is 2.75. The lowest BCUT2D eigenvalue weighted by Gasteiger charge is -2.49. The normalized spacial score (nSPS) is 27.0. The Morgan fingerprint density at radius 2 is 1.70 bits per heavy atom. The maximum atomic E-state index is 12.9.